The average molecular weight is 419 g/mol. The lowest BCUT2D eigenvalue weighted by molar-refractivity contribution is -0.117. The van der Waals surface area contributed by atoms with E-state index in [2.05, 4.69) is 15.3 Å². The molecule has 0 fully saturated rings. The Bertz CT molecular complexity index is 1100. The number of carboxylic acid groups (broad SMARTS) is 1. The van der Waals surface area contributed by atoms with E-state index in [1.165, 1.54) is 23.2 Å². The molecule has 0 saturated heterocycles. The standard InChI is InChI=1S/C18H21N5O5S/c1-10(2)23-9-15(24)22(3)14-8-19-18(21-16(14)23)20-12-5-11(17(25)26)6-13(7-12)29(4,27)28/h5-8,10H,9H2,1-4H3,(H,25,26)(H,19,20,21). The van der Waals surface area contributed by atoms with Crippen LogP contribution in [0.1, 0.15) is 24.2 Å². The Morgan fingerprint density at radius 2 is 1.97 bits per heavy atom. The molecule has 1 aliphatic heterocycles. The van der Waals surface area contributed by atoms with Crippen molar-refractivity contribution >= 4 is 44.9 Å². The minimum atomic E-state index is -3.62. The highest BCUT2D eigenvalue weighted by atomic mass is 32.2. The summed E-state index contributed by atoms with van der Waals surface area (Å²) in [6, 6.07) is 3.73. The molecule has 1 aliphatic rings. The van der Waals surface area contributed by atoms with Gasteiger partial charge in [-0.05, 0) is 32.0 Å². The van der Waals surface area contributed by atoms with Crippen molar-refractivity contribution in [2.24, 2.45) is 0 Å². The second-order valence-corrected chi connectivity index (χ2v) is 9.04. The summed E-state index contributed by atoms with van der Waals surface area (Å²) in [4.78, 5) is 35.4. The zero-order chi connectivity index (χ0) is 21.5. The number of fused-ring (bicyclic) bond motifs is 1. The van der Waals surface area contributed by atoms with Crippen LogP contribution in [0, 0.1) is 0 Å². The first-order valence-electron chi connectivity index (χ1n) is 8.73. The number of benzene rings is 1. The summed E-state index contributed by atoms with van der Waals surface area (Å²) in [7, 11) is -1.98. The SMILES string of the molecule is CC(C)N1CC(=O)N(C)c2cnc(Nc3cc(C(=O)O)cc(S(C)(=O)=O)c3)nc21. The van der Waals surface area contributed by atoms with Gasteiger partial charge >= 0.3 is 5.97 Å². The Morgan fingerprint density at radius 3 is 2.55 bits per heavy atom. The molecular weight excluding hydrogens is 398 g/mol. The Labute approximate surface area is 168 Å². The van der Waals surface area contributed by atoms with Crippen LogP contribution >= 0.6 is 0 Å². The number of rotatable bonds is 5. The molecule has 0 saturated carbocycles. The summed E-state index contributed by atoms with van der Waals surface area (Å²) in [6.07, 6.45) is 2.50. The Kier molecular flexibility index (Phi) is 5.18. The number of hydrogen-bond acceptors (Lipinski definition) is 8. The van der Waals surface area contributed by atoms with Crippen molar-refractivity contribution in [2.75, 3.05) is 35.0 Å². The van der Waals surface area contributed by atoms with Gasteiger partial charge in [-0.15, -0.1) is 0 Å². The molecule has 1 aromatic heterocycles. The third-order valence-electron chi connectivity index (χ3n) is 4.52. The molecule has 0 spiro atoms. The van der Waals surface area contributed by atoms with Crippen LogP contribution in [-0.2, 0) is 14.6 Å². The minimum absolute atomic E-state index is 0.0151. The normalized spacial score (nSPS) is 14.2. The van der Waals surface area contributed by atoms with Gasteiger partial charge in [-0.1, -0.05) is 0 Å². The van der Waals surface area contributed by atoms with Crippen molar-refractivity contribution in [3.05, 3.63) is 30.0 Å². The van der Waals surface area contributed by atoms with Crippen molar-refractivity contribution in [1.29, 1.82) is 0 Å². The van der Waals surface area contributed by atoms with E-state index in [9.17, 15) is 23.1 Å². The predicted octanol–water partition coefficient (Wildman–Crippen LogP) is 1.51. The first kappa shape index (κ1) is 20.5. The molecule has 0 unspecified atom stereocenters. The maximum atomic E-state index is 12.2. The lowest BCUT2D eigenvalue weighted by Crippen LogP contribution is -2.47. The number of carbonyl (C=O) groups is 2. The number of carbonyl (C=O) groups excluding carboxylic acids is 1. The Morgan fingerprint density at radius 1 is 1.28 bits per heavy atom. The van der Waals surface area contributed by atoms with E-state index in [-0.39, 0.29) is 40.6 Å². The van der Waals surface area contributed by atoms with Gasteiger partial charge in [-0.2, -0.15) is 4.98 Å². The maximum absolute atomic E-state index is 12.2. The molecule has 10 nitrogen and oxygen atoms in total. The molecule has 0 bridgehead atoms. The fourth-order valence-electron chi connectivity index (χ4n) is 2.90. The van der Waals surface area contributed by atoms with Gasteiger partial charge in [0, 0.05) is 25.0 Å². The topological polar surface area (TPSA) is 133 Å². The fourth-order valence-corrected chi connectivity index (χ4v) is 3.58. The van der Waals surface area contributed by atoms with Crippen LogP contribution in [0.3, 0.4) is 0 Å². The molecule has 29 heavy (non-hydrogen) atoms. The lowest BCUT2D eigenvalue weighted by Gasteiger charge is -2.36. The van der Waals surface area contributed by atoms with Gasteiger partial charge < -0.3 is 20.2 Å². The summed E-state index contributed by atoms with van der Waals surface area (Å²) in [5.74, 6) is -0.630. The zero-order valence-corrected chi connectivity index (χ0v) is 17.2. The molecule has 1 aromatic carbocycles. The monoisotopic (exact) mass is 419 g/mol. The van der Waals surface area contributed by atoms with Gasteiger partial charge in [0.2, 0.25) is 11.9 Å². The molecule has 0 atom stereocenters. The molecule has 11 heteroatoms. The van der Waals surface area contributed by atoms with Crippen LogP contribution in [0.2, 0.25) is 0 Å². The van der Waals surface area contributed by atoms with Gasteiger partial charge in [-0.25, -0.2) is 18.2 Å². The number of nitrogens with zero attached hydrogens (tertiary/aromatic N) is 4. The number of likely N-dealkylation sites (N-methyl/N-ethyl adjacent to an activating group) is 1. The van der Waals surface area contributed by atoms with Gasteiger partial charge in [0.05, 0.1) is 23.2 Å². The van der Waals surface area contributed by atoms with E-state index in [4.69, 9.17) is 0 Å². The van der Waals surface area contributed by atoms with Crippen LogP contribution in [0.5, 0.6) is 0 Å². The zero-order valence-electron chi connectivity index (χ0n) is 16.4. The van der Waals surface area contributed by atoms with Crippen LogP contribution in [0.4, 0.5) is 23.1 Å². The number of carboxylic acids is 1. The molecule has 154 valence electrons. The number of nitrogens with one attached hydrogen (secondary N) is 1. The van der Waals surface area contributed by atoms with Crippen LogP contribution in [0.15, 0.2) is 29.3 Å². The first-order valence-corrected chi connectivity index (χ1v) is 10.6. The highest BCUT2D eigenvalue weighted by molar-refractivity contribution is 7.90. The quantitative estimate of drug-likeness (QED) is 0.740. The van der Waals surface area contributed by atoms with Crippen molar-refractivity contribution in [3.63, 3.8) is 0 Å². The third-order valence-corrected chi connectivity index (χ3v) is 5.62. The molecule has 1 amide bonds. The summed E-state index contributed by atoms with van der Waals surface area (Å²) in [5, 5.41) is 12.1. The first-order chi connectivity index (χ1) is 13.5. The van der Waals surface area contributed by atoms with E-state index in [0.29, 0.717) is 11.5 Å². The van der Waals surface area contributed by atoms with Gasteiger partial charge in [0.25, 0.3) is 0 Å². The van der Waals surface area contributed by atoms with E-state index < -0.39 is 15.8 Å². The van der Waals surface area contributed by atoms with E-state index in [1.54, 1.807) is 7.05 Å². The minimum Gasteiger partial charge on any atom is -0.478 e. The van der Waals surface area contributed by atoms with Crippen LogP contribution < -0.4 is 15.1 Å². The van der Waals surface area contributed by atoms with E-state index in [0.717, 1.165) is 12.3 Å². The molecule has 2 N–H and O–H groups in total. The predicted molar refractivity (Wildman–Crippen MR) is 108 cm³/mol. The Hall–Kier alpha value is -3.21. The second kappa shape index (κ2) is 7.32. The number of hydrogen-bond donors (Lipinski definition) is 2. The van der Waals surface area contributed by atoms with Crippen molar-refractivity contribution < 1.29 is 23.1 Å². The van der Waals surface area contributed by atoms with Gasteiger partial charge in [-0.3, -0.25) is 4.79 Å². The smallest absolute Gasteiger partial charge is 0.335 e. The largest absolute Gasteiger partial charge is 0.478 e. The fraction of sp³-hybridized carbons (Fsp3) is 0.333. The average Bonchev–Trinajstić information content (AvgIpc) is 2.63. The van der Waals surface area contributed by atoms with Crippen LogP contribution in [0.25, 0.3) is 0 Å². The summed E-state index contributed by atoms with van der Waals surface area (Å²) in [6.45, 7) is 4.04. The molecule has 3 rings (SSSR count). The van der Waals surface area contributed by atoms with Crippen molar-refractivity contribution in [2.45, 2.75) is 24.8 Å². The summed E-state index contributed by atoms with van der Waals surface area (Å²) >= 11 is 0. The third kappa shape index (κ3) is 4.14. The molecular formula is C18H21N5O5S. The highest BCUT2D eigenvalue weighted by Gasteiger charge is 2.30. The molecule has 0 aliphatic carbocycles. The molecule has 2 aromatic rings. The number of anilines is 4. The highest BCUT2D eigenvalue weighted by Crippen LogP contribution is 2.33. The van der Waals surface area contributed by atoms with Crippen LogP contribution in [-0.4, -0.2) is 61.3 Å². The Balaban J connectivity index is 2.04. The maximum Gasteiger partial charge on any atom is 0.335 e. The second-order valence-electron chi connectivity index (χ2n) is 7.03. The van der Waals surface area contributed by atoms with E-state index in [1.807, 2.05) is 18.7 Å². The number of aromatic carboxylic acids is 1. The number of sulfone groups is 1. The summed E-state index contributed by atoms with van der Waals surface area (Å²) < 4.78 is 23.8. The molecule has 2 heterocycles. The summed E-state index contributed by atoms with van der Waals surface area (Å²) in [5.41, 5.74) is 0.598. The van der Waals surface area contributed by atoms with Gasteiger partial charge in [0.1, 0.15) is 5.69 Å². The molecule has 0 radical (unpaired) electrons. The lowest BCUT2D eigenvalue weighted by atomic mass is 10.2. The van der Waals surface area contributed by atoms with Crippen molar-refractivity contribution in [1.82, 2.24) is 9.97 Å². The van der Waals surface area contributed by atoms with E-state index >= 15 is 0 Å². The number of amides is 1. The van der Waals surface area contributed by atoms with Crippen molar-refractivity contribution in [3.8, 4) is 0 Å². The van der Waals surface area contributed by atoms with Gasteiger partial charge in [0.15, 0.2) is 15.7 Å². The number of aromatic nitrogens is 2.